The van der Waals surface area contributed by atoms with E-state index in [1.807, 2.05) is 4.90 Å². The summed E-state index contributed by atoms with van der Waals surface area (Å²) < 4.78 is 7.12. The zero-order valence-corrected chi connectivity index (χ0v) is 21.4. The van der Waals surface area contributed by atoms with Gasteiger partial charge in [0.1, 0.15) is 24.1 Å². The topological polar surface area (TPSA) is 205 Å². The van der Waals surface area contributed by atoms with Crippen LogP contribution >= 0.6 is 0 Å². The smallest absolute Gasteiger partial charge is 0.252 e. The first kappa shape index (κ1) is 28.1. The van der Waals surface area contributed by atoms with E-state index in [-0.39, 0.29) is 11.7 Å². The number of rotatable bonds is 7. The van der Waals surface area contributed by atoms with Gasteiger partial charge in [0, 0.05) is 65.3 Å². The van der Waals surface area contributed by atoms with Crippen molar-refractivity contribution in [3.63, 3.8) is 0 Å². The number of nitrogens with two attached hydrogens (primary N) is 1. The van der Waals surface area contributed by atoms with Crippen molar-refractivity contribution >= 4 is 28.8 Å². The summed E-state index contributed by atoms with van der Waals surface area (Å²) in [6.07, 6.45) is -0.944. The lowest BCUT2D eigenvalue weighted by molar-refractivity contribution is -0.137. The number of aliphatic hydroxyl groups excluding tert-OH is 2. The number of carbonyl (C=O) groups excluding carboxylic acids is 2. The summed E-state index contributed by atoms with van der Waals surface area (Å²) in [6, 6.07) is 0. The molecule has 0 saturated carbocycles. The number of anilines is 1. The van der Waals surface area contributed by atoms with Gasteiger partial charge in [0.15, 0.2) is 23.8 Å². The quantitative estimate of drug-likeness (QED) is 0.177. The Bertz CT molecular complexity index is 1060. The maximum absolute atomic E-state index is 12.7. The van der Waals surface area contributed by atoms with E-state index < -0.39 is 30.4 Å². The highest BCUT2D eigenvalue weighted by atomic mass is 16.6. The number of carbonyl (C=O) groups is 2. The van der Waals surface area contributed by atoms with Gasteiger partial charge < -0.3 is 46.9 Å². The number of ether oxygens (including phenoxy) is 1. The number of nitrogens with one attached hydrogen (secondary N) is 4. The van der Waals surface area contributed by atoms with Gasteiger partial charge in [-0.05, 0) is 12.8 Å². The van der Waals surface area contributed by atoms with Crippen LogP contribution in [0.2, 0.25) is 0 Å². The molecule has 2 aromatic heterocycles. The molecular weight excluding hydrogens is 496 g/mol. The predicted molar refractivity (Wildman–Crippen MR) is 138 cm³/mol. The predicted octanol–water partition coefficient (Wildman–Crippen LogP) is -3.07. The zero-order chi connectivity index (χ0) is 26.9. The third-order valence-corrected chi connectivity index (χ3v) is 6.70. The fraction of sp³-hybridized carbons (Fsp3) is 0.696. The molecular formula is C23H38N10O5. The standard InChI is InChI=1S/C23H38N10O5/c24-20-16-21(30-13-29-20)33(14-31-16)23-18(36)17(35)19(38-23)22(37)28-4-2-1-3-15(34)32-11-9-26-7-5-25-6-8-27-10-12-32/h13-14,17-19,23,25-27,35-36H,1-12H2,(H,28,37)(H2,24,29,30)/t17-,18+,19?,23+/m0/s1. The molecule has 2 fully saturated rings. The Morgan fingerprint density at radius 2 is 1.68 bits per heavy atom. The van der Waals surface area contributed by atoms with Crippen molar-refractivity contribution in [2.45, 2.75) is 43.8 Å². The van der Waals surface area contributed by atoms with Crippen LogP contribution in [0.15, 0.2) is 12.7 Å². The van der Waals surface area contributed by atoms with Crippen LogP contribution in [-0.4, -0.2) is 124 Å². The van der Waals surface area contributed by atoms with E-state index >= 15 is 0 Å². The van der Waals surface area contributed by atoms with Crippen LogP contribution < -0.4 is 27.0 Å². The van der Waals surface area contributed by atoms with Crippen LogP contribution in [0.4, 0.5) is 5.82 Å². The van der Waals surface area contributed by atoms with Crippen LogP contribution in [0.3, 0.4) is 0 Å². The summed E-state index contributed by atoms with van der Waals surface area (Å²) in [6.45, 7) is 6.63. The molecule has 4 rings (SSSR count). The zero-order valence-electron chi connectivity index (χ0n) is 21.4. The lowest BCUT2D eigenvalue weighted by Crippen LogP contribution is -2.44. The number of nitrogen functional groups attached to an aromatic ring is 1. The third-order valence-electron chi connectivity index (χ3n) is 6.70. The number of aliphatic hydroxyl groups is 2. The highest BCUT2D eigenvalue weighted by molar-refractivity contribution is 5.82. The number of aromatic nitrogens is 4. The van der Waals surface area contributed by atoms with Crippen molar-refractivity contribution < 1.29 is 24.5 Å². The second kappa shape index (κ2) is 13.7. The minimum atomic E-state index is -1.44. The normalized spacial score (nSPS) is 25.6. The molecule has 38 heavy (non-hydrogen) atoms. The van der Waals surface area contributed by atoms with E-state index in [0.717, 1.165) is 39.3 Å². The number of unbranched alkanes of at least 4 members (excludes halogenated alkanes) is 1. The summed E-state index contributed by atoms with van der Waals surface area (Å²) >= 11 is 0. The molecule has 15 heteroatoms. The number of fused-ring (bicyclic) bond motifs is 1. The van der Waals surface area contributed by atoms with Crippen molar-refractivity contribution in [2.24, 2.45) is 0 Å². The lowest BCUT2D eigenvalue weighted by atomic mass is 10.1. The second-order valence-electron chi connectivity index (χ2n) is 9.39. The average molecular weight is 535 g/mol. The van der Waals surface area contributed by atoms with E-state index in [9.17, 15) is 19.8 Å². The number of hydrogen-bond acceptors (Lipinski definition) is 12. The van der Waals surface area contributed by atoms with Gasteiger partial charge in [0.05, 0.1) is 6.33 Å². The van der Waals surface area contributed by atoms with Gasteiger partial charge in [-0.15, -0.1) is 0 Å². The average Bonchev–Trinajstić information content (AvgIpc) is 3.45. The number of nitrogens with zero attached hydrogens (tertiary/aromatic N) is 5. The van der Waals surface area contributed by atoms with E-state index in [0.29, 0.717) is 50.1 Å². The van der Waals surface area contributed by atoms with Crippen molar-refractivity contribution in [3.8, 4) is 0 Å². The summed E-state index contributed by atoms with van der Waals surface area (Å²) in [4.78, 5) is 39.4. The summed E-state index contributed by atoms with van der Waals surface area (Å²) in [5.74, 6) is -0.283. The summed E-state index contributed by atoms with van der Waals surface area (Å²) in [5.41, 5.74) is 6.46. The maximum atomic E-state index is 12.7. The van der Waals surface area contributed by atoms with E-state index in [1.165, 1.54) is 17.2 Å². The van der Waals surface area contributed by atoms with Crippen LogP contribution in [0.25, 0.3) is 11.2 Å². The van der Waals surface area contributed by atoms with Gasteiger partial charge in [-0.1, -0.05) is 0 Å². The monoisotopic (exact) mass is 534 g/mol. The number of imidazole rings is 1. The molecule has 8 N–H and O–H groups in total. The van der Waals surface area contributed by atoms with Crippen molar-refractivity contribution in [2.75, 3.05) is 64.6 Å². The molecule has 15 nitrogen and oxygen atoms in total. The molecule has 0 spiro atoms. The Morgan fingerprint density at radius 3 is 2.39 bits per heavy atom. The minimum absolute atomic E-state index is 0.0904. The minimum Gasteiger partial charge on any atom is -0.387 e. The number of hydrogen-bond donors (Lipinski definition) is 7. The van der Waals surface area contributed by atoms with E-state index in [4.69, 9.17) is 10.5 Å². The molecule has 2 amide bonds. The van der Waals surface area contributed by atoms with E-state index in [1.54, 1.807) is 0 Å². The lowest BCUT2D eigenvalue weighted by Gasteiger charge is -2.24. The molecule has 2 aromatic rings. The fourth-order valence-corrected chi connectivity index (χ4v) is 4.55. The largest absolute Gasteiger partial charge is 0.387 e. The number of amides is 2. The van der Waals surface area contributed by atoms with Crippen molar-refractivity contribution in [3.05, 3.63) is 12.7 Å². The molecule has 2 aliphatic heterocycles. The first-order valence-electron chi connectivity index (χ1n) is 13.1. The van der Waals surface area contributed by atoms with Gasteiger partial charge in [-0.2, -0.15) is 0 Å². The Morgan fingerprint density at radius 1 is 1.00 bits per heavy atom. The molecule has 2 saturated heterocycles. The summed E-state index contributed by atoms with van der Waals surface area (Å²) in [5, 5.41) is 33.8. The Kier molecular flexibility index (Phi) is 10.1. The van der Waals surface area contributed by atoms with Gasteiger partial charge in [-0.3, -0.25) is 14.2 Å². The highest BCUT2D eigenvalue weighted by Gasteiger charge is 2.47. The Hall–Kier alpha value is -2.95. The Labute approximate surface area is 220 Å². The van der Waals surface area contributed by atoms with E-state index in [2.05, 4.69) is 36.2 Å². The summed E-state index contributed by atoms with van der Waals surface area (Å²) in [7, 11) is 0. The molecule has 2 aliphatic rings. The van der Waals surface area contributed by atoms with Crippen LogP contribution in [0, 0.1) is 0 Å². The third kappa shape index (κ3) is 6.92. The fourth-order valence-electron chi connectivity index (χ4n) is 4.55. The molecule has 4 heterocycles. The van der Waals surface area contributed by atoms with Gasteiger partial charge in [0.2, 0.25) is 5.91 Å². The molecule has 0 aromatic carbocycles. The first-order chi connectivity index (χ1) is 18.5. The van der Waals surface area contributed by atoms with Crippen LogP contribution in [0.5, 0.6) is 0 Å². The SMILES string of the molecule is Nc1ncnc2c1ncn2[C@@H]1OC(C(=O)NCCCCC(=O)N2CCNCCNCCNCC2)[C@@H](O)[C@H]1O. The van der Waals surface area contributed by atoms with Gasteiger partial charge in [-0.25, -0.2) is 15.0 Å². The van der Waals surface area contributed by atoms with Gasteiger partial charge in [0.25, 0.3) is 5.91 Å². The maximum Gasteiger partial charge on any atom is 0.252 e. The highest BCUT2D eigenvalue weighted by Crippen LogP contribution is 2.32. The molecule has 210 valence electrons. The second-order valence-corrected chi connectivity index (χ2v) is 9.39. The molecule has 1 unspecified atom stereocenters. The van der Waals surface area contributed by atoms with Crippen molar-refractivity contribution in [1.82, 2.24) is 45.7 Å². The van der Waals surface area contributed by atoms with Crippen LogP contribution in [-0.2, 0) is 14.3 Å². The molecule has 0 aliphatic carbocycles. The van der Waals surface area contributed by atoms with Crippen LogP contribution in [0.1, 0.15) is 25.5 Å². The molecule has 4 atom stereocenters. The first-order valence-corrected chi connectivity index (χ1v) is 13.1. The Balaban J connectivity index is 1.20. The van der Waals surface area contributed by atoms with Gasteiger partial charge >= 0.3 is 0 Å². The molecule has 0 bridgehead atoms. The molecule has 0 radical (unpaired) electrons. The van der Waals surface area contributed by atoms with Crippen molar-refractivity contribution in [1.29, 1.82) is 0 Å².